The standard InChI is InChI=1S/C5H3BrClN5/c6-12-4-2(1-9-12)3(8)10-5(7)11-4/h1H,(H2,8,10,11). The smallest absolute Gasteiger partial charge is 0.226 e. The molecule has 2 aromatic rings. The molecule has 2 N–H and O–H groups in total. The number of nitrogen functional groups attached to an aromatic ring is 1. The van der Waals surface area contributed by atoms with Crippen LogP contribution < -0.4 is 5.73 Å². The van der Waals surface area contributed by atoms with Crippen molar-refractivity contribution >= 4 is 44.6 Å². The summed E-state index contributed by atoms with van der Waals surface area (Å²) in [5, 5.41) is 4.68. The first-order chi connectivity index (χ1) is 5.68. The molecule has 0 unspecified atom stereocenters. The van der Waals surface area contributed by atoms with E-state index in [0.717, 1.165) is 0 Å². The van der Waals surface area contributed by atoms with Gasteiger partial charge in [0.2, 0.25) is 5.28 Å². The van der Waals surface area contributed by atoms with E-state index in [2.05, 4.69) is 31.2 Å². The van der Waals surface area contributed by atoms with Gasteiger partial charge in [0.15, 0.2) is 5.65 Å². The second-order valence-electron chi connectivity index (χ2n) is 2.12. The van der Waals surface area contributed by atoms with Gasteiger partial charge in [-0.2, -0.15) is 13.8 Å². The number of nitrogens with zero attached hydrogens (tertiary/aromatic N) is 4. The highest BCUT2D eigenvalue weighted by Gasteiger charge is 2.07. The highest BCUT2D eigenvalue weighted by molar-refractivity contribution is 9.08. The van der Waals surface area contributed by atoms with Crippen molar-refractivity contribution in [2.24, 2.45) is 0 Å². The summed E-state index contributed by atoms with van der Waals surface area (Å²) in [7, 11) is 0. The van der Waals surface area contributed by atoms with Gasteiger partial charge in [-0.25, -0.2) is 4.98 Å². The van der Waals surface area contributed by atoms with E-state index in [1.165, 1.54) is 3.71 Å². The second-order valence-corrected chi connectivity index (χ2v) is 3.13. The summed E-state index contributed by atoms with van der Waals surface area (Å²) in [6, 6.07) is 0. The molecule has 0 bridgehead atoms. The molecule has 0 fully saturated rings. The van der Waals surface area contributed by atoms with Crippen LogP contribution in [0, 0.1) is 0 Å². The number of halogens is 2. The lowest BCUT2D eigenvalue weighted by molar-refractivity contribution is 1.04. The molecule has 0 saturated carbocycles. The first kappa shape index (κ1) is 7.75. The van der Waals surface area contributed by atoms with Gasteiger partial charge in [0.05, 0.1) is 27.7 Å². The van der Waals surface area contributed by atoms with E-state index in [9.17, 15) is 0 Å². The maximum absolute atomic E-state index is 5.59. The Balaban J connectivity index is 2.92. The molecule has 0 amide bonds. The summed E-state index contributed by atoms with van der Waals surface area (Å²) in [5.74, 6) is 0.329. The summed E-state index contributed by atoms with van der Waals surface area (Å²) >= 11 is 8.72. The predicted molar refractivity (Wildman–Crippen MR) is 49.1 cm³/mol. The average Bonchev–Trinajstić information content (AvgIpc) is 2.33. The molecule has 0 aliphatic carbocycles. The third-order valence-corrected chi connectivity index (χ3v) is 2.08. The van der Waals surface area contributed by atoms with E-state index < -0.39 is 0 Å². The number of anilines is 1. The Bertz CT molecular complexity index is 439. The van der Waals surface area contributed by atoms with Crippen LogP contribution >= 0.6 is 27.7 Å². The molecule has 0 aromatic carbocycles. The Morgan fingerprint density at radius 2 is 2.25 bits per heavy atom. The second kappa shape index (κ2) is 2.56. The van der Waals surface area contributed by atoms with Gasteiger partial charge in [-0.3, -0.25) is 0 Å². The Labute approximate surface area is 80.9 Å². The monoisotopic (exact) mass is 247 g/mol. The van der Waals surface area contributed by atoms with Crippen LogP contribution in [0.3, 0.4) is 0 Å². The molecule has 0 saturated heterocycles. The van der Waals surface area contributed by atoms with E-state index in [0.29, 0.717) is 16.9 Å². The van der Waals surface area contributed by atoms with E-state index >= 15 is 0 Å². The number of rotatable bonds is 0. The van der Waals surface area contributed by atoms with Crippen LogP contribution in [0.1, 0.15) is 0 Å². The lowest BCUT2D eigenvalue weighted by Gasteiger charge is -1.94. The molecule has 62 valence electrons. The van der Waals surface area contributed by atoms with E-state index in [1.54, 1.807) is 6.20 Å². The largest absolute Gasteiger partial charge is 0.383 e. The van der Waals surface area contributed by atoms with Crippen molar-refractivity contribution in [3.05, 3.63) is 11.5 Å². The normalized spacial score (nSPS) is 10.8. The molecule has 0 aliphatic rings. The van der Waals surface area contributed by atoms with Crippen molar-refractivity contribution < 1.29 is 0 Å². The highest BCUT2D eigenvalue weighted by Crippen LogP contribution is 2.19. The SMILES string of the molecule is Nc1nc(Cl)nc2c1cnn2Br. The van der Waals surface area contributed by atoms with Crippen molar-refractivity contribution in [1.29, 1.82) is 0 Å². The first-order valence-corrected chi connectivity index (χ1v) is 4.10. The zero-order chi connectivity index (χ0) is 8.72. The number of fused-ring (bicyclic) bond motifs is 1. The van der Waals surface area contributed by atoms with Crippen LogP contribution in [0.5, 0.6) is 0 Å². The molecule has 5 nitrogen and oxygen atoms in total. The summed E-state index contributed by atoms with van der Waals surface area (Å²) in [6.07, 6.45) is 1.57. The van der Waals surface area contributed by atoms with Crippen molar-refractivity contribution in [2.45, 2.75) is 0 Å². The third kappa shape index (κ3) is 1.03. The maximum Gasteiger partial charge on any atom is 0.226 e. The van der Waals surface area contributed by atoms with Gasteiger partial charge >= 0.3 is 0 Å². The average molecular weight is 248 g/mol. The molecule has 2 rings (SSSR count). The summed E-state index contributed by atoms with van der Waals surface area (Å²) in [5.41, 5.74) is 6.12. The van der Waals surface area contributed by atoms with Crippen LogP contribution in [-0.2, 0) is 0 Å². The van der Waals surface area contributed by atoms with Gasteiger partial charge in [0.25, 0.3) is 0 Å². The quantitative estimate of drug-likeness (QED) is 0.712. The van der Waals surface area contributed by atoms with Crippen LogP contribution in [0.4, 0.5) is 5.82 Å². The summed E-state index contributed by atoms with van der Waals surface area (Å²) in [6.45, 7) is 0. The molecule has 0 atom stereocenters. The molecule has 2 aromatic heterocycles. The molecule has 7 heteroatoms. The zero-order valence-electron chi connectivity index (χ0n) is 5.70. The molecular formula is C5H3BrClN5. The van der Waals surface area contributed by atoms with Crippen molar-refractivity contribution in [2.75, 3.05) is 5.73 Å². The Morgan fingerprint density at radius 3 is 3.00 bits per heavy atom. The number of nitrogens with two attached hydrogens (primary N) is 1. The zero-order valence-corrected chi connectivity index (χ0v) is 8.04. The molecular weight excluding hydrogens is 245 g/mol. The summed E-state index contributed by atoms with van der Waals surface area (Å²) < 4.78 is 1.41. The Kier molecular flexibility index (Phi) is 1.66. The third-order valence-electron chi connectivity index (χ3n) is 1.39. The number of aromatic nitrogens is 4. The number of hydrogen-bond acceptors (Lipinski definition) is 4. The van der Waals surface area contributed by atoms with Crippen LogP contribution in [-0.4, -0.2) is 18.8 Å². The van der Waals surface area contributed by atoms with Gasteiger partial charge in [0, 0.05) is 0 Å². The highest BCUT2D eigenvalue weighted by atomic mass is 79.9. The topological polar surface area (TPSA) is 69.6 Å². The van der Waals surface area contributed by atoms with E-state index in [1.807, 2.05) is 0 Å². The Hall–Kier alpha value is -0.880. The minimum atomic E-state index is 0.112. The lowest BCUT2D eigenvalue weighted by Crippen LogP contribution is -1.94. The van der Waals surface area contributed by atoms with Gasteiger partial charge in [0.1, 0.15) is 5.82 Å². The van der Waals surface area contributed by atoms with Gasteiger partial charge in [-0.05, 0) is 11.6 Å². The van der Waals surface area contributed by atoms with E-state index in [4.69, 9.17) is 17.3 Å². The minimum absolute atomic E-state index is 0.112. The van der Waals surface area contributed by atoms with Crippen LogP contribution in [0.2, 0.25) is 5.28 Å². The number of hydrogen-bond donors (Lipinski definition) is 1. The molecule has 0 radical (unpaired) electrons. The van der Waals surface area contributed by atoms with Gasteiger partial charge in [-0.15, -0.1) is 0 Å². The Morgan fingerprint density at radius 1 is 1.50 bits per heavy atom. The van der Waals surface area contributed by atoms with Crippen LogP contribution in [0.15, 0.2) is 6.20 Å². The van der Waals surface area contributed by atoms with Crippen molar-refractivity contribution in [3.8, 4) is 0 Å². The molecule has 2 heterocycles. The van der Waals surface area contributed by atoms with Crippen LogP contribution in [0.25, 0.3) is 11.0 Å². The fourth-order valence-electron chi connectivity index (χ4n) is 0.874. The van der Waals surface area contributed by atoms with Crippen molar-refractivity contribution in [3.63, 3.8) is 0 Å². The fraction of sp³-hybridized carbons (Fsp3) is 0. The molecule has 12 heavy (non-hydrogen) atoms. The lowest BCUT2D eigenvalue weighted by atomic mass is 10.4. The van der Waals surface area contributed by atoms with E-state index in [-0.39, 0.29) is 5.28 Å². The van der Waals surface area contributed by atoms with Gasteiger partial charge in [-0.1, -0.05) is 0 Å². The fourth-order valence-corrected chi connectivity index (χ4v) is 1.41. The minimum Gasteiger partial charge on any atom is -0.383 e. The van der Waals surface area contributed by atoms with Crippen molar-refractivity contribution in [1.82, 2.24) is 18.8 Å². The molecule has 0 aliphatic heterocycles. The summed E-state index contributed by atoms with van der Waals surface area (Å²) in [4.78, 5) is 7.70. The van der Waals surface area contributed by atoms with Gasteiger partial charge < -0.3 is 5.73 Å². The predicted octanol–water partition coefficient (Wildman–Crippen LogP) is 1.22. The first-order valence-electron chi connectivity index (χ1n) is 3.01. The maximum atomic E-state index is 5.59. The molecule has 0 spiro atoms.